The second kappa shape index (κ2) is 8.13. The summed E-state index contributed by atoms with van der Waals surface area (Å²) in [5, 5.41) is 11.4. The summed E-state index contributed by atoms with van der Waals surface area (Å²) in [4.78, 5) is 24.1. The van der Waals surface area contributed by atoms with Gasteiger partial charge in [-0.3, -0.25) is 19.2 Å². The minimum absolute atomic E-state index is 0.00393. The number of alkyl halides is 3. The molecule has 1 saturated heterocycles. The molecule has 0 saturated carbocycles. The molecule has 1 fully saturated rings. The predicted octanol–water partition coefficient (Wildman–Crippen LogP) is 2.31. The van der Waals surface area contributed by atoms with Gasteiger partial charge in [-0.1, -0.05) is 0 Å². The molecule has 0 bridgehead atoms. The van der Waals surface area contributed by atoms with Gasteiger partial charge in [0.1, 0.15) is 5.69 Å². The lowest BCUT2D eigenvalue weighted by molar-refractivity contribution is -0.384. The molecule has 1 aromatic heterocycles. The first-order chi connectivity index (χ1) is 15.8. The van der Waals surface area contributed by atoms with Crippen molar-refractivity contribution in [1.29, 1.82) is 0 Å². The molecule has 1 aliphatic heterocycles. The number of hydrogen-bond donors (Lipinski definition) is 0. The summed E-state index contributed by atoms with van der Waals surface area (Å²) in [7, 11) is -0.812. The van der Waals surface area contributed by atoms with E-state index in [0.29, 0.717) is 17.1 Å². The molecule has 4 rings (SSSR count). The van der Waals surface area contributed by atoms with Crippen LogP contribution in [0.3, 0.4) is 0 Å². The number of halogens is 3. The molecule has 1 aliphatic rings. The van der Waals surface area contributed by atoms with Crippen molar-refractivity contribution in [2.75, 3.05) is 31.1 Å². The molecule has 0 N–H and O–H groups in total. The van der Waals surface area contributed by atoms with Crippen LogP contribution in [0.15, 0.2) is 46.1 Å². The minimum atomic E-state index is -4.72. The Morgan fingerprint density at radius 1 is 0.941 bits per heavy atom. The van der Waals surface area contributed by atoms with Gasteiger partial charge in [-0.15, -0.1) is 0 Å². The standard InChI is InChI=1S/C20H20F3N5O5S/c1-24-15-6-4-14(12-17(15)25(2)19(24)29)34(32,33)27-9-7-26(8-10-27)16-5-3-13(20(21,22)23)11-18(16)28(30)31/h3-6,11-12H,7-10H2,1-2H3. The van der Waals surface area contributed by atoms with Crippen LogP contribution < -0.4 is 10.6 Å². The lowest BCUT2D eigenvalue weighted by Gasteiger charge is -2.35. The number of piperazine rings is 1. The maximum atomic E-state index is 13.2. The molecule has 0 radical (unpaired) electrons. The normalized spacial score (nSPS) is 15.7. The number of rotatable bonds is 4. The van der Waals surface area contributed by atoms with Crippen molar-refractivity contribution >= 4 is 32.4 Å². The summed E-state index contributed by atoms with van der Waals surface area (Å²) < 4.78 is 69.2. The number of nitrogens with zero attached hydrogens (tertiary/aromatic N) is 5. The van der Waals surface area contributed by atoms with E-state index in [9.17, 15) is 36.5 Å². The summed E-state index contributed by atoms with van der Waals surface area (Å²) in [6.45, 7) is 0.0630. The number of nitro benzene ring substituents is 1. The van der Waals surface area contributed by atoms with E-state index in [1.807, 2.05) is 0 Å². The van der Waals surface area contributed by atoms with Crippen molar-refractivity contribution < 1.29 is 26.5 Å². The molecule has 0 aliphatic carbocycles. The fourth-order valence-electron chi connectivity index (χ4n) is 4.08. The second-order valence-electron chi connectivity index (χ2n) is 7.90. The Bertz CT molecular complexity index is 1450. The molecule has 34 heavy (non-hydrogen) atoms. The number of aromatic nitrogens is 2. The van der Waals surface area contributed by atoms with E-state index in [2.05, 4.69) is 0 Å². The molecule has 0 unspecified atom stereocenters. The fraction of sp³-hybridized carbons (Fsp3) is 0.350. The third kappa shape index (κ3) is 3.92. The summed E-state index contributed by atoms with van der Waals surface area (Å²) in [6.07, 6.45) is -4.72. The Kier molecular flexibility index (Phi) is 5.68. The van der Waals surface area contributed by atoms with Crippen molar-refractivity contribution in [1.82, 2.24) is 13.4 Å². The van der Waals surface area contributed by atoms with Crippen molar-refractivity contribution in [2.24, 2.45) is 14.1 Å². The summed E-state index contributed by atoms with van der Waals surface area (Å²) in [5.41, 5.74) is -1.10. The highest BCUT2D eigenvalue weighted by Gasteiger charge is 2.35. The average molecular weight is 499 g/mol. The Hall–Kier alpha value is -3.39. The fourth-order valence-corrected chi connectivity index (χ4v) is 5.52. The number of sulfonamides is 1. The number of fused-ring (bicyclic) bond motifs is 1. The van der Waals surface area contributed by atoms with Crippen molar-refractivity contribution in [2.45, 2.75) is 11.1 Å². The van der Waals surface area contributed by atoms with Gasteiger partial charge in [0.2, 0.25) is 10.0 Å². The first-order valence-corrected chi connectivity index (χ1v) is 11.5. The molecule has 2 heterocycles. The van der Waals surface area contributed by atoms with E-state index in [1.165, 1.54) is 37.5 Å². The molecule has 10 nitrogen and oxygen atoms in total. The Balaban J connectivity index is 1.58. The summed E-state index contributed by atoms with van der Waals surface area (Å²) in [6, 6.07) is 6.66. The van der Waals surface area contributed by atoms with Gasteiger partial charge in [0.05, 0.1) is 26.4 Å². The van der Waals surface area contributed by atoms with Gasteiger partial charge in [-0.2, -0.15) is 17.5 Å². The van der Waals surface area contributed by atoms with E-state index in [-0.39, 0.29) is 42.5 Å². The van der Waals surface area contributed by atoms with Gasteiger partial charge in [0.15, 0.2) is 0 Å². The van der Waals surface area contributed by atoms with Crippen molar-refractivity contribution in [3.8, 4) is 0 Å². The molecular weight excluding hydrogens is 479 g/mol. The van der Waals surface area contributed by atoms with E-state index in [0.717, 1.165) is 12.1 Å². The maximum Gasteiger partial charge on any atom is 0.416 e. The van der Waals surface area contributed by atoms with Gasteiger partial charge in [-0.05, 0) is 30.3 Å². The largest absolute Gasteiger partial charge is 0.416 e. The second-order valence-corrected chi connectivity index (χ2v) is 9.84. The molecule has 3 aromatic rings. The molecule has 0 atom stereocenters. The van der Waals surface area contributed by atoms with Crippen molar-refractivity contribution in [3.63, 3.8) is 0 Å². The van der Waals surface area contributed by atoms with Crippen LogP contribution in [-0.4, -0.2) is 53.0 Å². The monoisotopic (exact) mass is 499 g/mol. The predicted molar refractivity (Wildman–Crippen MR) is 117 cm³/mol. The summed E-state index contributed by atoms with van der Waals surface area (Å²) in [5.74, 6) is 0. The van der Waals surface area contributed by atoms with Gasteiger partial charge in [0, 0.05) is 46.3 Å². The van der Waals surface area contributed by atoms with Crippen LogP contribution in [0.2, 0.25) is 0 Å². The highest BCUT2D eigenvalue weighted by Crippen LogP contribution is 2.37. The Labute approximate surface area is 191 Å². The molecular formula is C20H20F3N5O5S. The quantitative estimate of drug-likeness (QED) is 0.403. The molecule has 14 heteroatoms. The van der Waals surface area contributed by atoms with Gasteiger partial charge in [-0.25, -0.2) is 13.2 Å². The van der Waals surface area contributed by atoms with Crippen LogP contribution in [0, 0.1) is 10.1 Å². The Morgan fingerprint density at radius 2 is 1.56 bits per heavy atom. The SMILES string of the molecule is Cn1c(=O)n(C)c2cc(S(=O)(=O)N3CCN(c4ccc(C(F)(F)F)cc4[N+](=O)[O-])CC3)ccc21. The number of hydrogen-bond acceptors (Lipinski definition) is 6. The van der Waals surface area contributed by atoms with Gasteiger partial charge >= 0.3 is 11.9 Å². The zero-order valence-electron chi connectivity index (χ0n) is 18.1. The van der Waals surface area contributed by atoms with E-state index < -0.39 is 32.4 Å². The highest BCUT2D eigenvalue weighted by molar-refractivity contribution is 7.89. The average Bonchev–Trinajstić information content (AvgIpc) is 3.01. The number of anilines is 1. The lowest BCUT2D eigenvalue weighted by atomic mass is 10.1. The number of nitro groups is 1. The van der Waals surface area contributed by atoms with Crippen LogP contribution in [-0.2, 0) is 30.3 Å². The smallest absolute Gasteiger partial charge is 0.363 e. The minimum Gasteiger partial charge on any atom is -0.363 e. The first-order valence-electron chi connectivity index (χ1n) is 10.1. The van der Waals surface area contributed by atoms with Gasteiger partial charge < -0.3 is 4.90 Å². The highest BCUT2D eigenvalue weighted by atomic mass is 32.2. The molecule has 0 spiro atoms. The zero-order chi connectivity index (χ0) is 25.0. The number of imidazole rings is 1. The summed E-state index contributed by atoms with van der Waals surface area (Å²) >= 11 is 0. The van der Waals surface area contributed by atoms with Crippen molar-refractivity contribution in [3.05, 3.63) is 62.6 Å². The third-order valence-electron chi connectivity index (χ3n) is 5.96. The van der Waals surface area contributed by atoms with E-state index in [1.54, 1.807) is 13.1 Å². The van der Waals surface area contributed by atoms with Crippen LogP contribution >= 0.6 is 0 Å². The van der Waals surface area contributed by atoms with E-state index >= 15 is 0 Å². The van der Waals surface area contributed by atoms with Crippen LogP contribution in [0.1, 0.15) is 5.56 Å². The molecule has 0 amide bonds. The van der Waals surface area contributed by atoms with Crippen LogP contribution in [0.5, 0.6) is 0 Å². The zero-order valence-corrected chi connectivity index (χ0v) is 18.9. The van der Waals surface area contributed by atoms with Crippen LogP contribution in [0.25, 0.3) is 11.0 Å². The number of aryl methyl sites for hydroxylation is 2. The number of benzene rings is 2. The topological polar surface area (TPSA) is 111 Å². The van der Waals surface area contributed by atoms with E-state index in [4.69, 9.17) is 0 Å². The lowest BCUT2D eigenvalue weighted by Crippen LogP contribution is -2.48. The van der Waals surface area contributed by atoms with Gasteiger partial charge in [0.25, 0.3) is 5.69 Å². The van der Waals surface area contributed by atoms with Crippen LogP contribution in [0.4, 0.5) is 24.5 Å². The maximum absolute atomic E-state index is 13.2. The molecule has 182 valence electrons. The first kappa shape index (κ1) is 23.8. The Morgan fingerprint density at radius 3 is 2.15 bits per heavy atom. The third-order valence-corrected chi connectivity index (χ3v) is 7.85. The molecule has 2 aromatic carbocycles.